The van der Waals surface area contributed by atoms with Gasteiger partial charge in [0.15, 0.2) is 0 Å². The van der Waals surface area contributed by atoms with Crippen LogP contribution in [0.3, 0.4) is 0 Å². The Morgan fingerprint density at radius 2 is 2.41 bits per heavy atom. The van der Waals surface area contributed by atoms with E-state index in [0.29, 0.717) is 0 Å². The minimum Gasteiger partial charge on any atom is -0.353 e. The van der Waals surface area contributed by atoms with Crippen molar-refractivity contribution in [3.63, 3.8) is 0 Å². The zero-order valence-corrected chi connectivity index (χ0v) is 10.5. The van der Waals surface area contributed by atoms with Crippen molar-refractivity contribution in [2.75, 3.05) is 11.4 Å². The predicted molar refractivity (Wildman–Crippen MR) is 70.1 cm³/mol. The third-order valence-electron chi connectivity index (χ3n) is 4.09. The molecule has 2 aliphatic rings. The van der Waals surface area contributed by atoms with Crippen LogP contribution >= 0.6 is 0 Å². The fraction of sp³-hybridized carbons (Fsp3) is 0.643. The summed E-state index contributed by atoms with van der Waals surface area (Å²) in [6.07, 6.45) is 6.97. The summed E-state index contributed by atoms with van der Waals surface area (Å²) < 4.78 is 0. The van der Waals surface area contributed by atoms with Gasteiger partial charge in [-0.25, -0.2) is 4.98 Å². The molecule has 1 saturated carbocycles. The molecule has 2 N–H and O–H groups in total. The summed E-state index contributed by atoms with van der Waals surface area (Å²) in [5, 5.41) is 0. The van der Waals surface area contributed by atoms with E-state index in [0.717, 1.165) is 18.4 Å². The van der Waals surface area contributed by atoms with Crippen molar-refractivity contribution < 1.29 is 0 Å². The van der Waals surface area contributed by atoms with Gasteiger partial charge >= 0.3 is 0 Å². The number of pyridine rings is 1. The zero-order chi connectivity index (χ0) is 11.8. The van der Waals surface area contributed by atoms with Gasteiger partial charge in [0.1, 0.15) is 5.82 Å². The van der Waals surface area contributed by atoms with E-state index in [9.17, 15) is 0 Å². The van der Waals surface area contributed by atoms with Gasteiger partial charge in [-0.2, -0.15) is 0 Å². The summed E-state index contributed by atoms with van der Waals surface area (Å²) in [4.78, 5) is 7.12. The number of rotatable bonds is 3. The molecule has 3 atom stereocenters. The lowest BCUT2D eigenvalue weighted by atomic mass is 10.1. The fourth-order valence-corrected chi connectivity index (χ4v) is 3.38. The minimum atomic E-state index is 0.206. The second kappa shape index (κ2) is 4.30. The first-order chi connectivity index (χ1) is 8.24. The van der Waals surface area contributed by atoms with Gasteiger partial charge in [-0.1, -0.05) is 6.07 Å². The van der Waals surface area contributed by atoms with Gasteiger partial charge in [0.2, 0.25) is 0 Å². The van der Waals surface area contributed by atoms with Crippen molar-refractivity contribution >= 4 is 5.82 Å². The number of aromatic nitrogens is 1. The number of piperidine rings is 1. The molecule has 3 heteroatoms. The Morgan fingerprint density at radius 3 is 3.06 bits per heavy atom. The molecule has 3 nitrogen and oxygen atoms in total. The highest BCUT2D eigenvalue weighted by Gasteiger charge is 2.38. The number of fused-ring (bicyclic) bond motifs is 2. The molecule has 1 aliphatic heterocycles. The van der Waals surface area contributed by atoms with E-state index in [1.54, 1.807) is 0 Å². The predicted octanol–water partition coefficient (Wildman–Crippen LogP) is 1.96. The summed E-state index contributed by atoms with van der Waals surface area (Å²) in [7, 11) is 0. The Labute approximate surface area is 103 Å². The average molecular weight is 231 g/mol. The third kappa shape index (κ3) is 2.04. The maximum absolute atomic E-state index is 5.92. The van der Waals surface area contributed by atoms with E-state index < -0.39 is 0 Å². The third-order valence-corrected chi connectivity index (χ3v) is 4.09. The van der Waals surface area contributed by atoms with E-state index in [-0.39, 0.29) is 6.04 Å². The Hall–Kier alpha value is -1.09. The first-order valence-corrected chi connectivity index (χ1v) is 6.70. The van der Waals surface area contributed by atoms with Crippen LogP contribution < -0.4 is 10.6 Å². The van der Waals surface area contributed by atoms with E-state index in [1.807, 2.05) is 12.3 Å². The van der Waals surface area contributed by atoms with Crippen molar-refractivity contribution in [1.82, 2.24) is 4.98 Å². The molecular weight excluding hydrogens is 210 g/mol. The number of hydrogen-bond acceptors (Lipinski definition) is 3. The number of hydrogen-bond donors (Lipinski definition) is 1. The normalized spacial score (nSPS) is 28.7. The maximum atomic E-state index is 5.92. The molecular formula is C14H21N3. The maximum Gasteiger partial charge on any atom is 0.132 e. The Kier molecular flexibility index (Phi) is 2.79. The van der Waals surface area contributed by atoms with E-state index >= 15 is 0 Å². The van der Waals surface area contributed by atoms with Crippen molar-refractivity contribution in [2.45, 2.75) is 44.7 Å². The van der Waals surface area contributed by atoms with Gasteiger partial charge < -0.3 is 10.6 Å². The van der Waals surface area contributed by atoms with Crippen molar-refractivity contribution in [1.29, 1.82) is 0 Å². The van der Waals surface area contributed by atoms with Crippen LogP contribution in [0.25, 0.3) is 0 Å². The molecule has 3 unspecified atom stereocenters. The highest BCUT2D eigenvalue weighted by molar-refractivity contribution is 5.50. The minimum absolute atomic E-state index is 0.206. The van der Waals surface area contributed by atoms with Crippen LogP contribution in [0, 0.1) is 5.92 Å². The van der Waals surface area contributed by atoms with Crippen LogP contribution in [0.15, 0.2) is 18.3 Å². The lowest BCUT2D eigenvalue weighted by Crippen LogP contribution is -2.34. The van der Waals surface area contributed by atoms with Gasteiger partial charge in [-0.3, -0.25) is 0 Å². The molecule has 2 bridgehead atoms. The largest absolute Gasteiger partial charge is 0.353 e. The molecule has 17 heavy (non-hydrogen) atoms. The quantitative estimate of drug-likeness (QED) is 0.864. The Bertz CT molecular complexity index is 402. The first kappa shape index (κ1) is 11.0. The second-order valence-corrected chi connectivity index (χ2v) is 5.65. The van der Waals surface area contributed by atoms with E-state index in [4.69, 9.17) is 5.73 Å². The first-order valence-electron chi connectivity index (χ1n) is 6.70. The smallest absolute Gasteiger partial charge is 0.132 e. The molecule has 0 radical (unpaired) electrons. The van der Waals surface area contributed by atoms with Gasteiger partial charge in [0, 0.05) is 24.8 Å². The fourth-order valence-electron chi connectivity index (χ4n) is 3.38. The van der Waals surface area contributed by atoms with Gasteiger partial charge in [0.25, 0.3) is 0 Å². The average Bonchev–Trinajstić information content (AvgIpc) is 2.90. The van der Waals surface area contributed by atoms with Crippen LogP contribution in [0.5, 0.6) is 0 Å². The lowest BCUT2D eigenvalue weighted by Gasteiger charge is -2.30. The van der Waals surface area contributed by atoms with Crippen LogP contribution in [-0.4, -0.2) is 23.6 Å². The zero-order valence-electron chi connectivity index (χ0n) is 10.5. The van der Waals surface area contributed by atoms with Crippen LogP contribution in [0.1, 0.15) is 31.7 Å². The molecule has 1 aromatic rings. The standard InChI is InChI=1S/C14H21N3/c1-10(15)7-12-3-2-6-16-14(12)17-9-11-4-5-13(17)8-11/h2-3,6,10-11,13H,4-5,7-9,15H2,1H3. The van der Waals surface area contributed by atoms with Crippen LogP contribution in [0.2, 0.25) is 0 Å². The van der Waals surface area contributed by atoms with Crippen LogP contribution in [-0.2, 0) is 6.42 Å². The molecule has 0 spiro atoms. The molecule has 2 fully saturated rings. The number of nitrogens with zero attached hydrogens (tertiary/aromatic N) is 2. The molecule has 92 valence electrons. The lowest BCUT2D eigenvalue weighted by molar-refractivity contribution is 0.548. The highest BCUT2D eigenvalue weighted by Crippen LogP contribution is 2.40. The van der Waals surface area contributed by atoms with Gasteiger partial charge in [0.05, 0.1) is 0 Å². The number of nitrogens with two attached hydrogens (primary N) is 1. The van der Waals surface area contributed by atoms with E-state index in [2.05, 4.69) is 22.9 Å². The number of anilines is 1. The summed E-state index contributed by atoms with van der Waals surface area (Å²) in [6.45, 7) is 3.26. The summed E-state index contributed by atoms with van der Waals surface area (Å²) in [5.74, 6) is 2.10. The second-order valence-electron chi connectivity index (χ2n) is 5.65. The Balaban J connectivity index is 1.87. The molecule has 0 aromatic carbocycles. The van der Waals surface area contributed by atoms with Gasteiger partial charge in [-0.05, 0) is 50.2 Å². The molecule has 1 aromatic heterocycles. The monoisotopic (exact) mass is 231 g/mol. The molecule has 2 heterocycles. The molecule has 1 aliphatic carbocycles. The highest BCUT2D eigenvalue weighted by atomic mass is 15.2. The van der Waals surface area contributed by atoms with E-state index in [1.165, 1.54) is 37.2 Å². The van der Waals surface area contributed by atoms with Crippen molar-refractivity contribution in [2.24, 2.45) is 11.7 Å². The Morgan fingerprint density at radius 1 is 1.53 bits per heavy atom. The van der Waals surface area contributed by atoms with Crippen molar-refractivity contribution in [3.8, 4) is 0 Å². The topological polar surface area (TPSA) is 42.1 Å². The summed E-state index contributed by atoms with van der Waals surface area (Å²) in [6, 6.07) is 5.15. The summed E-state index contributed by atoms with van der Waals surface area (Å²) >= 11 is 0. The molecule has 3 rings (SSSR count). The molecule has 0 amide bonds. The SMILES string of the molecule is CC(N)Cc1cccnc1N1CC2CCC1C2. The van der Waals surface area contributed by atoms with Crippen molar-refractivity contribution in [3.05, 3.63) is 23.9 Å². The summed E-state index contributed by atoms with van der Waals surface area (Å²) in [5.41, 5.74) is 7.24. The van der Waals surface area contributed by atoms with Gasteiger partial charge in [-0.15, -0.1) is 0 Å². The van der Waals surface area contributed by atoms with Crippen LogP contribution in [0.4, 0.5) is 5.82 Å². The molecule has 1 saturated heterocycles.